The Morgan fingerprint density at radius 2 is 1.18 bits per heavy atom. The molecule has 0 saturated heterocycles. The molecular formula is C45H38N4O2. The summed E-state index contributed by atoms with van der Waals surface area (Å²) < 4.78 is 0. The van der Waals surface area contributed by atoms with Crippen molar-refractivity contribution in [1.29, 1.82) is 0 Å². The molecule has 6 nitrogen and oxygen atoms in total. The zero-order chi connectivity index (χ0) is 34.6. The molecule has 1 aliphatic heterocycles. The topological polar surface area (TPSA) is 86.0 Å². The lowest BCUT2D eigenvalue weighted by Gasteiger charge is -2.32. The summed E-state index contributed by atoms with van der Waals surface area (Å²) in [4.78, 5) is 31.9. The quantitative estimate of drug-likeness (QED) is 0.125. The maximum atomic E-state index is 14.4. The molecule has 8 rings (SSSR count). The van der Waals surface area contributed by atoms with Gasteiger partial charge < -0.3 is 15.6 Å². The number of carbonyl (C=O) groups excluding carboxylic acids is 2. The van der Waals surface area contributed by atoms with Gasteiger partial charge in [-0.1, -0.05) is 158 Å². The first-order valence-electron chi connectivity index (χ1n) is 17.4. The van der Waals surface area contributed by atoms with Crippen molar-refractivity contribution in [2.24, 2.45) is 0 Å². The van der Waals surface area contributed by atoms with Crippen LogP contribution in [0.15, 0.2) is 164 Å². The number of aromatic amines is 1. The molecule has 7 aromatic rings. The molecule has 2 amide bonds. The molecule has 0 bridgehead atoms. The molecule has 4 N–H and O–H groups in total. The van der Waals surface area contributed by atoms with E-state index in [2.05, 4.69) is 81.6 Å². The zero-order valence-corrected chi connectivity index (χ0v) is 28.1. The molecule has 1 aliphatic rings. The van der Waals surface area contributed by atoms with Crippen LogP contribution in [0.3, 0.4) is 0 Å². The van der Waals surface area contributed by atoms with Gasteiger partial charge in [-0.25, -0.2) is 0 Å². The highest BCUT2D eigenvalue weighted by Crippen LogP contribution is 2.36. The fourth-order valence-electron chi connectivity index (χ4n) is 7.09. The predicted octanol–water partition coefficient (Wildman–Crippen LogP) is 8.28. The average molecular weight is 667 g/mol. The molecule has 6 aromatic carbocycles. The van der Waals surface area contributed by atoms with E-state index in [1.54, 1.807) is 0 Å². The molecule has 2 unspecified atom stereocenters. The van der Waals surface area contributed by atoms with Crippen LogP contribution in [-0.2, 0) is 22.6 Å². The number of rotatable bonds is 9. The summed E-state index contributed by atoms with van der Waals surface area (Å²) in [6.07, 6.45) is 0.481. The average Bonchev–Trinajstić information content (AvgIpc) is 3.58. The first-order chi connectivity index (χ1) is 25.1. The Morgan fingerprint density at radius 1 is 0.627 bits per heavy atom. The van der Waals surface area contributed by atoms with Gasteiger partial charge in [-0.15, -0.1) is 0 Å². The Bertz CT molecular complexity index is 2270. The molecule has 2 heterocycles. The summed E-state index contributed by atoms with van der Waals surface area (Å²) in [5.41, 5.74) is 10.4. The standard InChI is InChI=1S/C45H38N4O2/c50-44(49-42(45(51)46-29-30-12-4-1-5-13-30)36-26-22-34(23-27-36)32-16-8-3-9-17-32)40-28-38-37-18-10-11-19-39(37)47-43(38)41(48-40)35-24-20-33(21-25-35)31-14-6-2-7-15-31/h1-27,40-42,47-48H,28-29H2,(H,46,51)(H,49,50)/t40-,41?,42?/m0/s1. The first-order valence-corrected chi connectivity index (χ1v) is 17.4. The summed E-state index contributed by atoms with van der Waals surface area (Å²) in [6.45, 7) is 0.357. The van der Waals surface area contributed by atoms with Crippen molar-refractivity contribution in [1.82, 2.24) is 20.9 Å². The van der Waals surface area contributed by atoms with Crippen molar-refractivity contribution in [3.8, 4) is 22.3 Å². The second-order valence-corrected chi connectivity index (χ2v) is 13.0. The molecule has 51 heavy (non-hydrogen) atoms. The Kier molecular flexibility index (Phi) is 8.98. The number of aromatic nitrogens is 1. The van der Waals surface area contributed by atoms with Gasteiger partial charge in [0, 0.05) is 23.1 Å². The van der Waals surface area contributed by atoms with Crippen LogP contribution in [0.4, 0.5) is 0 Å². The number of para-hydroxylation sites is 1. The lowest BCUT2D eigenvalue weighted by Crippen LogP contribution is -2.52. The van der Waals surface area contributed by atoms with Crippen molar-refractivity contribution < 1.29 is 9.59 Å². The normalized spacial score (nSPS) is 15.8. The Morgan fingerprint density at radius 3 is 1.82 bits per heavy atom. The number of benzene rings is 6. The number of carbonyl (C=O) groups is 2. The van der Waals surface area contributed by atoms with Crippen LogP contribution in [-0.4, -0.2) is 22.8 Å². The lowest BCUT2D eigenvalue weighted by atomic mass is 9.89. The van der Waals surface area contributed by atoms with E-state index in [4.69, 9.17) is 0 Å². The second kappa shape index (κ2) is 14.3. The number of hydrogen-bond donors (Lipinski definition) is 4. The fraction of sp³-hybridized carbons (Fsp3) is 0.111. The van der Waals surface area contributed by atoms with Crippen LogP contribution in [0.1, 0.15) is 40.0 Å². The van der Waals surface area contributed by atoms with Crippen molar-refractivity contribution in [3.05, 3.63) is 192 Å². The van der Waals surface area contributed by atoms with E-state index in [-0.39, 0.29) is 17.9 Å². The number of amides is 2. The Labute approximate surface area is 297 Å². The van der Waals surface area contributed by atoms with E-state index >= 15 is 0 Å². The number of fused-ring (bicyclic) bond motifs is 3. The molecule has 0 spiro atoms. The van der Waals surface area contributed by atoms with Gasteiger partial charge >= 0.3 is 0 Å². The second-order valence-electron chi connectivity index (χ2n) is 13.0. The summed E-state index contributed by atoms with van der Waals surface area (Å²) in [7, 11) is 0. The molecule has 0 aliphatic carbocycles. The van der Waals surface area contributed by atoms with Gasteiger partial charge in [0.25, 0.3) is 0 Å². The molecule has 0 fully saturated rings. The number of H-pyrrole nitrogens is 1. The minimum atomic E-state index is -0.888. The van der Waals surface area contributed by atoms with E-state index in [9.17, 15) is 9.59 Å². The third-order valence-electron chi connectivity index (χ3n) is 9.79. The van der Waals surface area contributed by atoms with Crippen LogP contribution >= 0.6 is 0 Å². The van der Waals surface area contributed by atoms with Gasteiger partial charge in [0.1, 0.15) is 6.04 Å². The molecule has 3 atom stereocenters. The molecule has 1 aromatic heterocycles. The number of nitrogens with one attached hydrogen (secondary N) is 4. The minimum absolute atomic E-state index is 0.233. The van der Waals surface area contributed by atoms with E-state index in [0.29, 0.717) is 18.5 Å². The highest BCUT2D eigenvalue weighted by Gasteiger charge is 2.35. The van der Waals surface area contributed by atoms with E-state index in [1.807, 2.05) is 103 Å². The van der Waals surface area contributed by atoms with Gasteiger partial charge in [0.2, 0.25) is 11.8 Å². The highest BCUT2D eigenvalue weighted by molar-refractivity contribution is 5.92. The predicted molar refractivity (Wildman–Crippen MR) is 204 cm³/mol. The highest BCUT2D eigenvalue weighted by atomic mass is 16.2. The maximum Gasteiger partial charge on any atom is 0.247 e. The summed E-state index contributed by atoms with van der Waals surface area (Å²) in [5, 5.41) is 11.0. The third-order valence-corrected chi connectivity index (χ3v) is 9.79. The van der Waals surface area contributed by atoms with Gasteiger partial charge in [0.15, 0.2) is 0 Å². The molecule has 0 saturated carbocycles. The largest absolute Gasteiger partial charge is 0.357 e. The van der Waals surface area contributed by atoms with Crippen molar-refractivity contribution in [2.75, 3.05) is 0 Å². The van der Waals surface area contributed by atoms with Gasteiger partial charge in [-0.05, 0) is 57.0 Å². The monoisotopic (exact) mass is 666 g/mol. The lowest BCUT2D eigenvalue weighted by molar-refractivity contribution is -0.130. The Balaban J connectivity index is 1.09. The van der Waals surface area contributed by atoms with Gasteiger partial charge in [-0.2, -0.15) is 0 Å². The van der Waals surface area contributed by atoms with Gasteiger partial charge in [0.05, 0.1) is 12.1 Å². The van der Waals surface area contributed by atoms with Crippen molar-refractivity contribution in [3.63, 3.8) is 0 Å². The summed E-state index contributed by atoms with van der Waals surface area (Å²) >= 11 is 0. The van der Waals surface area contributed by atoms with Crippen LogP contribution in [0.5, 0.6) is 0 Å². The molecule has 6 heteroatoms. The van der Waals surface area contributed by atoms with E-state index < -0.39 is 12.1 Å². The summed E-state index contributed by atoms with van der Waals surface area (Å²) in [6, 6.07) is 53.1. The maximum absolute atomic E-state index is 14.4. The summed E-state index contributed by atoms with van der Waals surface area (Å²) in [5.74, 6) is -0.500. The van der Waals surface area contributed by atoms with Crippen LogP contribution in [0, 0.1) is 0 Å². The molecular weight excluding hydrogens is 629 g/mol. The van der Waals surface area contributed by atoms with Gasteiger partial charge in [-0.3, -0.25) is 14.9 Å². The zero-order valence-electron chi connectivity index (χ0n) is 28.1. The molecule has 0 radical (unpaired) electrons. The van der Waals surface area contributed by atoms with Crippen LogP contribution in [0.25, 0.3) is 33.2 Å². The van der Waals surface area contributed by atoms with Crippen LogP contribution in [0.2, 0.25) is 0 Å². The minimum Gasteiger partial charge on any atom is -0.357 e. The van der Waals surface area contributed by atoms with Crippen molar-refractivity contribution >= 4 is 22.7 Å². The van der Waals surface area contributed by atoms with Crippen molar-refractivity contribution in [2.45, 2.75) is 31.1 Å². The molecule has 250 valence electrons. The Hall–Kier alpha value is -6.24. The van der Waals surface area contributed by atoms with E-state index in [1.165, 1.54) is 0 Å². The number of hydrogen-bond acceptors (Lipinski definition) is 3. The van der Waals surface area contributed by atoms with Crippen LogP contribution < -0.4 is 16.0 Å². The smallest absolute Gasteiger partial charge is 0.247 e. The SMILES string of the molecule is O=C(NCc1ccccc1)C(NC(=O)[C@@H]1Cc2c([nH]c3ccccc23)C(c2ccc(-c3ccccc3)cc2)N1)c1ccc(-c2ccccc2)cc1. The van der Waals surface area contributed by atoms with E-state index in [0.717, 1.165) is 55.5 Å². The third kappa shape index (κ3) is 6.82. The first kappa shape index (κ1) is 32.0. The fourth-order valence-corrected chi connectivity index (χ4v) is 7.09.